The lowest BCUT2D eigenvalue weighted by atomic mass is 10.2. The monoisotopic (exact) mass is 299 g/mol. The molecule has 1 aromatic carbocycles. The fourth-order valence-corrected chi connectivity index (χ4v) is 3.44. The second-order valence-electron chi connectivity index (χ2n) is 2.97. The molecule has 0 aliphatic heterocycles. The molecule has 0 amide bonds. The van der Waals surface area contributed by atoms with Crippen molar-refractivity contribution >= 4 is 59.2 Å². The molecule has 2 heterocycles. The van der Waals surface area contributed by atoms with Crippen LogP contribution in [0.5, 0.6) is 0 Å². The van der Waals surface area contributed by atoms with Gasteiger partial charge in [0.2, 0.25) is 0 Å². The maximum absolute atomic E-state index is 5.96. The van der Waals surface area contributed by atoms with E-state index in [1.807, 2.05) is 18.2 Å². The summed E-state index contributed by atoms with van der Waals surface area (Å²) in [6.07, 6.45) is 0. The van der Waals surface area contributed by atoms with Crippen LogP contribution in [0.15, 0.2) is 22.7 Å². The molecule has 0 saturated carbocycles. The van der Waals surface area contributed by atoms with Gasteiger partial charge in [0.15, 0.2) is 5.15 Å². The number of hydrogen-bond acceptors (Lipinski definition) is 4. The fraction of sp³-hybridized carbons (Fsp3) is 0. The highest BCUT2D eigenvalue weighted by atomic mass is 79.9. The van der Waals surface area contributed by atoms with Crippen molar-refractivity contribution in [2.45, 2.75) is 0 Å². The summed E-state index contributed by atoms with van der Waals surface area (Å²) in [6.45, 7) is 0. The van der Waals surface area contributed by atoms with E-state index in [0.29, 0.717) is 5.15 Å². The van der Waals surface area contributed by atoms with Crippen molar-refractivity contribution < 1.29 is 0 Å². The average Bonchev–Trinajstić information content (AvgIpc) is 2.59. The van der Waals surface area contributed by atoms with Crippen molar-refractivity contribution in [2.24, 2.45) is 0 Å². The summed E-state index contributed by atoms with van der Waals surface area (Å²) in [5.74, 6) is 0. The number of benzene rings is 1. The number of fused-ring (bicyclic) bond motifs is 3. The lowest BCUT2D eigenvalue weighted by Gasteiger charge is -1.92. The summed E-state index contributed by atoms with van der Waals surface area (Å²) >= 11 is 11.0. The van der Waals surface area contributed by atoms with Crippen LogP contribution in [-0.2, 0) is 0 Å². The van der Waals surface area contributed by atoms with Gasteiger partial charge in [-0.15, -0.1) is 21.5 Å². The Labute approximate surface area is 102 Å². The van der Waals surface area contributed by atoms with Crippen LogP contribution < -0.4 is 0 Å². The second kappa shape index (κ2) is 3.37. The predicted molar refractivity (Wildman–Crippen MR) is 65.4 cm³/mol. The zero-order chi connectivity index (χ0) is 10.4. The van der Waals surface area contributed by atoms with Crippen molar-refractivity contribution in [1.82, 2.24) is 15.4 Å². The molecule has 0 spiro atoms. The third-order valence-corrected chi connectivity index (χ3v) is 4.29. The molecule has 3 nitrogen and oxygen atoms in total. The van der Waals surface area contributed by atoms with Gasteiger partial charge in [0.05, 0.1) is 4.70 Å². The Morgan fingerprint density at radius 3 is 3.00 bits per heavy atom. The third-order valence-electron chi connectivity index (χ3n) is 2.10. The number of aromatic nitrogens is 3. The minimum atomic E-state index is 0.410. The predicted octanol–water partition coefficient (Wildman–Crippen LogP) is 3.66. The first-order valence-corrected chi connectivity index (χ1v) is 6.11. The van der Waals surface area contributed by atoms with Crippen LogP contribution in [0.1, 0.15) is 0 Å². The fourth-order valence-electron chi connectivity index (χ4n) is 1.48. The Morgan fingerprint density at radius 2 is 2.13 bits per heavy atom. The SMILES string of the molecule is Clc1nnnc2c1sc1cccc(Br)c12. The van der Waals surface area contributed by atoms with E-state index in [0.717, 1.165) is 24.8 Å². The molecule has 0 atom stereocenters. The minimum absolute atomic E-state index is 0.410. The van der Waals surface area contributed by atoms with Crippen LogP contribution in [0, 0.1) is 0 Å². The summed E-state index contributed by atoms with van der Waals surface area (Å²) in [7, 11) is 0. The summed E-state index contributed by atoms with van der Waals surface area (Å²) in [4.78, 5) is 0. The summed E-state index contributed by atoms with van der Waals surface area (Å²) in [5.41, 5.74) is 0.808. The molecular weight excluding hydrogens is 298 g/mol. The molecule has 0 aliphatic carbocycles. The molecular formula is C9H3BrClN3S. The summed E-state index contributed by atoms with van der Waals surface area (Å²) < 4.78 is 3.01. The molecule has 0 aliphatic rings. The van der Waals surface area contributed by atoms with Crippen LogP contribution in [-0.4, -0.2) is 15.4 Å². The van der Waals surface area contributed by atoms with E-state index in [-0.39, 0.29) is 0 Å². The van der Waals surface area contributed by atoms with E-state index in [9.17, 15) is 0 Å². The second-order valence-corrected chi connectivity index (χ2v) is 5.24. The van der Waals surface area contributed by atoms with E-state index in [4.69, 9.17) is 11.6 Å². The maximum atomic E-state index is 5.96. The van der Waals surface area contributed by atoms with E-state index in [2.05, 4.69) is 31.3 Å². The van der Waals surface area contributed by atoms with E-state index in [1.54, 1.807) is 11.3 Å². The molecule has 0 radical (unpaired) electrons. The van der Waals surface area contributed by atoms with Gasteiger partial charge >= 0.3 is 0 Å². The maximum Gasteiger partial charge on any atom is 0.172 e. The zero-order valence-corrected chi connectivity index (χ0v) is 10.4. The molecule has 74 valence electrons. The molecule has 15 heavy (non-hydrogen) atoms. The number of hydrogen-bond donors (Lipinski definition) is 0. The Bertz CT molecular complexity index is 667. The van der Waals surface area contributed by atoms with E-state index < -0.39 is 0 Å². The van der Waals surface area contributed by atoms with Crippen LogP contribution in [0.2, 0.25) is 5.15 Å². The van der Waals surface area contributed by atoms with Crippen molar-refractivity contribution in [2.75, 3.05) is 0 Å². The minimum Gasteiger partial charge on any atom is -0.130 e. The van der Waals surface area contributed by atoms with Crippen LogP contribution in [0.25, 0.3) is 20.3 Å². The standard InChI is InChI=1S/C9H3BrClN3S/c10-4-2-1-3-5-6(4)7-8(15-5)9(11)13-14-12-7/h1-3H. The average molecular weight is 301 g/mol. The van der Waals surface area contributed by atoms with Crippen molar-refractivity contribution in [3.8, 4) is 0 Å². The zero-order valence-electron chi connectivity index (χ0n) is 7.24. The van der Waals surface area contributed by atoms with Gasteiger partial charge in [-0.25, -0.2) is 0 Å². The Balaban J connectivity index is 2.65. The van der Waals surface area contributed by atoms with Crippen molar-refractivity contribution in [1.29, 1.82) is 0 Å². The summed E-state index contributed by atoms with van der Waals surface area (Å²) in [6, 6.07) is 5.99. The molecule has 0 N–H and O–H groups in total. The van der Waals surface area contributed by atoms with Crippen LogP contribution >= 0.6 is 38.9 Å². The normalized spacial score (nSPS) is 11.3. The van der Waals surface area contributed by atoms with Gasteiger partial charge in [-0.05, 0) is 17.3 Å². The third kappa shape index (κ3) is 1.34. The van der Waals surface area contributed by atoms with Gasteiger partial charge in [0, 0.05) is 14.6 Å². The molecule has 6 heteroatoms. The van der Waals surface area contributed by atoms with Crippen LogP contribution in [0.4, 0.5) is 0 Å². The first-order chi connectivity index (χ1) is 7.27. The van der Waals surface area contributed by atoms with E-state index in [1.165, 1.54) is 0 Å². The number of rotatable bonds is 0. The topological polar surface area (TPSA) is 38.7 Å². The van der Waals surface area contributed by atoms with Gasteiger partial charge in [-0.2, -0.15) is 0 Å². The molecule has 3 rings (SSSR count). The molecule has 3 aromatic rings. The molecule has 0 unspecified atom stereocenters. The van der Waals surface area contributed by atoms with Gasteiger partial charge < -0.3 is 0 Å². The van der Waals surface area contributed by atoms with E-state index >= 15 is 0 Å². The molecule has 2 aromatic heterocycles. The summed E-state index contributed by atoms with van der Waals surface area (Å²) in [5, 5.41) is 12.8. The number of thiophene rings is 1. The number of halogens is 2. The first-order valence-electron chi connectivity index (χ1n) is 4.13. The van der Waals surface area contributed by atoms with Crippen molar-refractivity contribution in [3.63, 3.8) is 0 Å². The highest BCUT2D eigenvalue weighted by molar-refractivity contribution is 9.10. The van der Waals surface area contributed by atoms with Crippen LogP contribution in [0.3, 0.4) is 0 Å². The van der Waals surface area contributed by atoms with Gasteiger partial charge in [0.25, 0.3) is 0 Å². The van der Waals surface area contributed by atoms with Gasteiger partial charge in [-0.3, -0.25) is 0 Å². The Morgan fingerprint density at radius 1 is 1.27 bits per heavy atom. The first kappa shape index (κ1) is 9.45. The molecule has 0 bridgehead atoms. The van der Waals surface area contributed by atoms with Gasteiger partial charge in [-0.1, -0.05) is 33.6 Å². The number of nitrogens with zero attached hydrogens (tertiary/aromatic N) is 3. The lowest BCUT2D eigenvalue weighted by molar-refractivity contribution is 0.900. The van der Waals surface area contributed by atoms with Gasteiger partial charge in [0.1, 0.15) is 5.52 Å². The Hall–Kier alpha value is -0.780. The quantitative estimate of drug-likeness (QED) is 0.636. The smallest absolute Gasteiger partial charge is 0.130 e. The molecule has 0 saturated heterocycles. The lowest BCUT2D eigenvalue weighted by Crippen LogP contribution is -1.86. The van der Waals surface area contributed by atoms with Crippen molar-refractivity contribution in [3.05, 3.63) is 27.8 Å². The molecule has 0 fully saturated rings. The highest BCUT2D eigenvalue weighted by Crippen LogP contribution is 2.38. The Kier molecular flexibility index (Phi) is 2.12. The largest absolute Gasteiger partial charge is 0.172 e. The highest BCUT2D eigenvalue weighted by Gasteiger charge is 2.12.